The molecule has 2 aromatic rings. The van der Waals surface area contributed by atoms with E-state index in [-0.39, 0.29) is 6.42 Å². The monoisotopic (exact) mass is 427 g/mol. The van der Waals surface area contributed by atoms with Gasteiger partial charge in [0.1, 0.15) is 18.0 Å². The maximum atomic E-state index is 10.1. The van der Waals surface area contributed by atoms with Crippen molar-refractivity contribution in [3.63, 3.8) is 0 Å². The molecule has 0 radical (unpaired) electrons. The average molecular weight is 427 g/mol. The summed E-state index contributed by atoms with van der Waals surface area (Å²) in [5.74, 6) is 1.24. The molecular formula is C23H25NO7. The lowest BCUT2D eigenvalue weighted by molar-refractivity contribution is -0.230. The zero-order valence-corrected chi connectivity index (χ0v) is 17.3. The first-order chi connectivity index (χ1) is 15.0. The van der Waals surface area contributed by atoms with Crippen LogP contribution in [0, 0.1) is 11.3 Å². The molecule has 1 fully saturated rings. The molecule has 1 heterocycles. The van der Waals surface area contributed by atoms with Crippen molar-refractivity contribution < 1.29 is 34.3 Å². The Morgan fingerprint density at radius 1 is 1.13 bits per heavy atom. The van der Waals surface area contributed by atoms with Gasteiger partial charge in [0.05, 0.1) is 38.6 Å². The molecule has 8 nitrogen and oxygen atoms in total. The first kappa shape index (κ1) is 22.6. The maximum absolute atomic E-state index is 10.1. The minimum atomic E-state index is -1.20. The molecule has 1 aliphatic rings. The standard InChI is InChI=1S/C23H25NO7/c1-28-17-9-15(8-7-14-5-3-4-6-16(14)12-24)23(19(10-17)29-2)31-21-11-18(26)22(27)20(13-25)30-21/h3-10,18,20-22,25-27H,11,13H2,1-2H3/b8-7+/t18?,20?,21?,22-/m0/s1. The molecule has 0 spiro atoms. The van der Waals surface area contributed by atoms with Crippen LogP contribution in [0.3, 0.4) is 0 Å². The fraction of sp³-hybridized carbons (Fsp3) is 0.348. The first-order valence-corrected chi connectivity index (χ1v) is 9.73. The van der Waals surface area contributed by atoms with Crippen molar-refractivity contribution in [2.45, 2.75) is 31.0 Å². The molecule has 0 bridgehead atoms. The smallest absolute Gasteiger partial charge is 0.203 e. The number of ether oxygens (including phenoxy) is 4. The number of nitrogens with zero attached hydrogens (tertiary/aromatic N) is 1. The number of rotatable bonds is 7. The lowest BCUT2D eigenvalue weighted by Crippen LogP contribution is -2.51. The molecule has 1 saturated heterocycles. The Labute approximate surface area is 180 Å². The van der Waals surface area contributed by atoms with Crippen LogP contribution in [-0.2, 0) is 4.74 Å². The Kier molecular flexibility index (Phi) is 7.50. The topological polar surface area (TPSA) is 121 Å². The minimum Gasteiger partial charge on any atom is -0.497 e. The van der Waals surface area contributed by atoms with Gasteiger partial charge in [-0.2, -0.15) is 5.26 Å². The third kappa shape index (κ3) is 5.16. The lowest BCUT2D eigenvalue weighted by atomic mass is 10.0. The SMILES string of the molecule is COc1cc(/C=C/c2ccccc2C#N)c(OC2CC(O)[C@H](O)C(CO)O2)c(OC)c1. The van der Waals surface area contributed by atoms with Crippen molar-refractivity contribution in [1.82, 2.24) is 0 Å². The predicted octanol–water partition coefficient (Wildman–Crippen LogP) is 1.95. The van der Waals surface area contributed by atoms with Crippen LogP contribution in [-0.4, -0.2) is 60.7 Å². The highest BCUT2D eigenvalue weighted by Crippen LogP contribution is 2.39. The van der Waals surface area contributed by atoms with E-state index in [1.165, 1.54) is 14.2 Å². The van der Waals surface area contributed by atoms with Crippen molar-refractivity contribution in [3.8, 4) is 23.3 Å². The fourth-order valence-electron chi connectivity index (χ4n) is 3.31. The van der Waals surface area contributed by atoms with Gasteiger partial charge in [-0.15, -0.1) is 0 Å². The van der Waals surface area contributed by atoms with Crippen LogP contribution in [0.2, 0.25) is 0 Å². The van der Waals surface area contributed by atoms with E-state index in [0.29, 0.717) is 28.4 Å². The van der Waals surface area contributed by atoms with Crippen LogP contribution in [0.4, 0.5) is 0 Å². The van der Waals surface area contributed by atoms with Crippen LogP contribution in [0.5, 0.6) is 17.2 Å². The summed E-state index contributed by atoms with van der Waals surface area (Å²) in [5.41, 5.74) is 1.84. The van der Waals surface area contributed by atoms with Crippen molar-refractivity contribution in [2.24, 2.45) is 0 Å². The van der Waals surface area contributed by atoms with Gasteiger partial charge in [0.2, 0.25) is 6.29 Å². The van der Waals surface area contributed by atoms with E-state index < -0.39 is 31.2 Å². The van der Waals surface area contributed by atoms with E-state index in [1.807, 2.05) is 12.1 Å². The fourth-order valence-corrected chi connectivity index (χ4v) is 3.31. The first-order valence-electron chi connectivity index (χ1n) is 9.73. The quantitative estimate of drug-likeness (QED) is 0.574. The Morgan fingerprint density at radius 2 is 1.87 bits per heavy atom. The molecule has 2 aromatic carbocycles. The number of hydrogen-bond donors (Lipinski definition) is 3. The molecule has 0 aromatic heterocycles. The highest BCUT2D eigenvalue weighted by Gasteiger charge is 2.38. The normalized spacial score (nSPS) is 23.4. The summed E-state index contributed by atoms with van der Waals surface area (Å²) in [4.78, 5) is 0. The van der Waals surface area contributed by atoms with Crippen LogP contribution >= 0.6 is 0 Å². The number of nitriles is 1. The van der Waals surface area contributed by atoms with Gasteiger partial charge in [-0.1, -0.05) is 30.4 Å². The molecular weight excluding hydrogens is 402 g/mol. The zero-order chi connectivity index (χ0) is 22.4. The van der Waals surface area contributed by atoms with Gasteiger partial charge in [0.25, 0.3) is 0 Å². The molecule has 164 valence electrons. The number of hydrogen-bond acceptors (Lipinski definition) is 8. The summed E-state index contributed by atoms with van der Waals surface area (Å²) in [6.45, 7) is -0.463. The lowest BCUT2D eigenvalue weighted by Gasteiger charge is -2.36. The van der Waals surface area contributed by atoms with Crippen LogP contribution in [0.25, 0.3) is 12.2 Å². The molecule has 0 aliphatic carbocycles. The highest BCUT2D eigenvalue weighted by molar-refractivity contribution is 5.77. The van der Waals surface area contributed by atoms with Crippen LogP contribution in [0.1, 0.15) is 23.1 Å². The zero-order valence-electron chi connectivity index (χ0n) is 17.3. The van der Waals surface area contributed by atoms with Gasteiger partial charge in [-0.25, -0.2) is 0 Å². The molecule has 4 atom stereocenters. The summed E-state index contributed by atoms with van der Waals surface area (Å²) in [5, 5.41) is 38.8. The molecule has 3 unspecified atom stereocenters. The Hall–Kier alpha value is -3.09. The predicted molar refractivity (Wildman–Crippen MR) is 113 cm³/mol. The van der Waals surface area contributed by atoms with E-state index >= 15 is 0 Å². The minimum absolute atomic E-state index is 0.00721. The van der Waals surface area contributed by atoms with Gasteiger partial charge < -0.3 is 34.3 Å². The van der Waals surface area contributed by atoms with Crippen molar-refractivity contribution in [2.75, 3.05) is 20.8 Å². The van der Waals surface area contributed by atoms with Crippen LogP contribution in [0.15, 0.2) is 36.4 Å². The molecule has 8 heteroatoms. The molecule has 0 saturated carbocycles. The number of benzene rings is 2. The largest absolute Gasteiger partial charge is 0.497 e. The Bertz CT molecular complexity index is 969. The van der Waals surface area contributed by atoms with E-state index in [0.717, 1.165) is 5.56 Å². The summed E-state index contributed by atoms with van der Waals surface area (Å²) < 4.78 is 22.4. The van der Waals surface area contributed by atoms with E-state index in [2.05, 4.69) is 6.07 Å². The van der Waals surface area contributed by atoms with E-state index in [1.54, 1.807) is 36.4 Å². The van der Waals surface area contributed by atoms with Gasteiger partial charge in [0, 0.05) is 18.1 Å². The van der Waals surface area contributed by atoms with Gasteiger partial charge in [-0.05, 0) is 17.7 Å². The maximum Gasteiger partial charge on any atom is 0.203 e. The number of methoxy groups -OCH3 is 2. The second-order valence-electron chi connectivity index (χ2n) is 6.98. The van der Waals surface area contributed by atoms with E-state index in [9.17, 15) is 20.6 Å². The number of aliphatic hydroxyl groups is 3. The van der Waals surface area contributed by atoms with E-state index in [4.69, 9.17) is 18.9 Å². The summed E-state index contributed by atoms with van der Waals surface area (Å²) in [6, 6.07) is 12.7. The van der Waals surface area contributed by atoms with Gasteiger partial charge in [0.15, 0.2) is 11.5 Å². The summed E-state index contributed by atoms with van der Waals surface area (Å²) in [7, 11) is 3.01. The van der Waals surface area contributed by atoms with Gasteiger partial charge >= 0.3 is 0 Å². The van der Waals surface area contributed by atoms with Gasteiger partial charge in [-0.3, -0.25) is 0 Å². The summed E-state index contributed by atoms with van der Waals surface area (Å²) in [6.07, 6.45) is -0.667. The summed E-state index contributed by atoms with van der Waals surface area (Å²) >= 11 is 0. The Morgan fingerprint density at radius 3 is 2.55 bits per heavy atom. The Balaban J connectivity index is 1.97. The highest BCUT2D eigenvalue weighted by atomic mass is 16.7. The molecule has 31 heavy (non-hydrogen) atoms. The molecule has 0 amide bonds. The third-order valence-electron chi connectivity index (χ3n) is 5.00. The third-order valence-corrected chi connectivity index (χ3v) is 5.00. The molecule has 1 aliphatic heterocycles. The number of aliphatic hydroxyl groups excluding tert-OH is 3. The second-order valence-corrected chi connectivity index (χ2v) is 6.98. The second kappa shape index (κ2) is 10.3. The molecule has 3 rings (SSSR count). The molecule has 3 N–H and O–H groups in total. The van der Waals surface area contributed by atoms with Crippen molar-refractivity contribution in [1.29, 1.82) is 5.26 Å². The van der Waals surface area contributed by atoms with Crippen molar-refractivity contribution in [3.05, 3.63) is 53.1 Å². The van der Waals surface area contributed by atoms with Crippen molar-refractivity contribution >= 4 is 12.2 Å². The van der Waals surface area contributed by atoms with Crippen LogP contribution < -0.4 is 14.2 Å². The average Bonchev–Trinajstić information content (AvgIpc) is 2.80.